The van der Waals surface area contributed by atoms with E-state index in [1.165, 1.54) is 9.13 Å². The number of hydrogen-bond donors (Lipinski definition) is 1. The van der Waals surface area contributed by atoms with Crippen molar-refractivity contribution in [2.24, 2.45) is 0 Å². The van der Waals surface area contributed by atoms with E-state index in [0.717, 1.165) is 10.7 Å². The Hall–Kier alpha value is -0.480. The highest BCUT2D eigenvalue weighted by atomic mass is 127. The molecule has 2 rings (SSSR count). The van der Waals surface area contributed by atoms with Gasteiger partial charge in [-0.3, -0.25) is 0 Å². The number of aromatic amines is 1. The molecule has 0 fully saturated rings. The molecule has 0 bridgehead atoms. The smallest absolute Gasteiger partial charge is 0.0589 e. The van der Waals surface area contributed by atoms with Gasteiger partial charge >= 0.3 is 0 Å². The summed E-state index contributed by atoms with van der Waals surface area (Å²) in [6.07, 6.45) is 1.94. The maximum absolute atomic E-state index is 5.80. The third kappa shape index (κ3) is 1.89. The minimum absolute atomic E-state index is 0.769. The molecule has 0 saturated heterocycles. The monoisotopic (exact) mass is 303 g/mol. The summed E-state index contributed by atoms with van der Waals surface area (Å²) in [4.78, 5) is 3.19. The van der Waals surface area contributed by atoms with E-state index < -0.39 is 0 Å². The van der Waals surface area contributed by atoms with E-state index in [1.807, 2.05) is 36.5 Å². The zero-order chi connectivity index (χ0) is 9.26. The molecule has 1 aromatic carbocycles. The van der Waals surface area contributed by atoms with Crippen molar-refractivity contribution in [3.63, 3.8) is 0 Å². The summed E-state index contributed by atoms with van der Waals surface area (Å²) >= 11 is 8.10. The Morgan fingerprint density at radius 3 is 2.31 bits per heavy atom. The maximum atomic E-state index is 5.80. The van der Waals surface area contributed by atoms with Gasteiger partial charge in [-0.05, 0) is 46.4 Å². The molecule has 0 aliphatic heterocycles. The summed E-state index contributed by atoms with van der Waals surface area (Å²) in [5.41, 5.74) is 2.32. The topological polar surface area (TPSA) is 15.8 Å². The van der Waals surface area contributed by atoms with Crippen LogP contribution in [0, 0.1) is 3.57 Å². The van der Waals surface area contributed by atoms with E-state index in [4.69, 9.17) is 11.6 Å². The predicted octanol–water partition coefficient (Wildman–Crippen LogP) is 3.94. The zero-order valence-electron chi connectivity index (χ0n) is 6.72. The van der Waals surface area contributed by atoms with E-state index in [1.54, 1.807) is 0 Å². The van der Waals surface area contributed by atoms with Gasteiger partial charge in [0.15, 0.2) is 0 Å². The molecule has 0 amide bonds. The summed E-state index contributed by atoms with van der Waals surface area (Å²) in [5, 5.41) is 0.769. The molecule has 3 heteroatoms. The standard InChI is InChI=1S/C10H7ClIN/c11-8-3-1-7(2-4-8)10-9(12)5-6-13-10/h1-6,13H. The number of hydrogen-bond acceptors (Lipinski definition) is 0. The van der Waals surface area contributed by atoms with E-state index in [-0.39, 0.29) is 0 Å². The Labute approximate surface area is 95.3 Å². The second kappa shape index (κ2) is 3.72. The molecule has 1 heterocycles. The van der Waals surface area contributed by atoms with Crippen LogP contribution in [0.25, 0.3) is 11.3 Å². The molecule has 0 atom stereocenters. The van der Waals surface area contributed by atoms with Gasteiger partial charge in [0.1, 0.15) is 0 Å². The predicted molar refractivity (Wildman–Crippen MR) is 64.0 cm³/mol. The molecule has 1 aromatic heterocycles. The van der Waals surface area contributed by atoms with Crippen molar-refractivity contribution < 1.29 is 0 Å². The fraction of sp³-hybridized carbons (Fsp3) is 0. The lowest BCUT2D eigenvalue weighted by Gasteiger charge is -1.99. The molecule has 66 valence electrons. The van der Waals surface area contributed by atoms with E-state index >= 15 is 0 Å². The van der Waals surface area contributed by atoms with Crippen LogP contribution in [0.3, 0.4) is 0 Å². The molecule has 0 aliphatic carbocycles. The molecule has 13 heavy (non-hydrogen) atoms. The van der Waals surface area contributed by atoms with Crippen LogP contribution in [0.1, 0.15) is 0 Å². The first-order valence-corrected chi connectivity index (χ1v) is 5.32. The summed E-state index contributed by atoms with van der Waals surface area (Å²) in [7, 11) is 0. The maximum Gasteiger partial charge on any atom is 0.0589 e. The summed E-state index contributed by atoms with van der Waals surface area (Å²) in [6.45, 7) is 0. The highest BCUT2D eigenvalue weighted by molar-refractivity contribution is 14.1. The van der Waals surface area contributed by atoms with Crippen molar-refractivity contribution in [2.45, 2.75) is 0 Å². The summed E-state index contributed by atoms with van der Waals surface area (Å²) in [5.74, 6) is 0. The van der Waals surface area contributed by atoms with Crippen LogP contribution in [0.4, 0.5) is 0 Å². The average Bonchev–Trinajstić information content (AvgIpc) is 2.53. The Morgan fingerprint density at radius 1 is 1.08 bits per heavy atom. The lowest BCUT2D eigenvalue weighted by molar-refractivity contribution is 1.40. The van der Waals surface area contributed by atoms with Gasteiger partial charge in [-0.2, -0.15) is 0 Å². The van der Waals surface area contributed by atoms with Gasteiger partial charge < -0.3 is 4.98 Å². The minimum atomic E-state index is 0.769. The number of H-pyrrole nitrogens is 1. The van der Waals surface area contributed by atoms with Crippen LogP contribution >= 0.6 is 34.2 Å². The van der Waals surface area contributed by atoms with Crippen LogP contribution in [0.2, 0.25) is 5.02 Å². The van der Waals surface area contributed by atoms with Crippen LogP contribution in [0.5, 0.6) is 0 Å². The average molecular weight is 304 g/mol. The van der Waals surface area contributed by atoms with Gasteiger partial charge in [-0.15, -0.1) is 0 Å². The van der Waals surface area contributed by atoms with Crippen molar-refractivity contribution in [1.82, 2.24) is 4.98 Å². The lowest BCUT2D eigenvalue weighted by atomic mass is 10.2. The minimum Gasteiger partial charge on any atom is -0.360 e. The largest absolute Gasteiger partial charge is 0.360 e. The molecule has 0 spiro atoms. The van der Waals surface area contributed by atoms with Gasteiger partial charge in [0.05, 0.1) is 5.69 Å². The van der Waals surface area contributed by atoms with Gasteiger partial charge in [0.25, 0.3) is 0 Å². The van der Waals surface area contributed by atoms with E-state index in [2.05, 4.69) is 27.6 Å². The zero-order valence-corrected chi connectivity index (χ0v) is 9.63. The number of halogens is 2. The van der Waals surface area contributed by atoms with Crippen LogP contribution in [0.15, 0.2) is 36.5 Å². The molecule has 1 nitrogen and oxygen atoms in total. The fourth-order valence-electron chi connectivity index (χ4n) is 1.19. The fourth-order valence-corrected chi connectivity index (χ4v) is 1.96. The molecule has 1 N–H and O–H groups in total. The highest BCUT2D eigenvalue weighted by Gasteiger charge is 2.02. The number of benzene rings is 1. The lowest BCUT2D eigenvalue weighted by Crippen LogP contribution is -1.78. The number of rotatable bonds is 1. The SMILES string of the molecule is Clc1ccc(-c2[nH]ccc2I)cc1. The molecule has 0 aliphatic rings. The van der Waals surface area contributed by atoms with Crippen LogP contribution in [-0.2, 0) is 0 Å². The molecule has 2 aromatic rings. The number of nitrogens with one attached hydrogen (secondary N) is 1. The van der Waals surface area contributed by atoms with E-state index in [0.29, 0.717) is 0 Å². The Kier molecular flexibility index (Phi) is 2.60. The molecule has 0 radical (unpaired) electrons. The van der Waals surface area contributed by atoms with Crippen LogP contribution < -0.4 is 0 Å². The first-order chi connectivity index (χ1) is 6.27. The second-order valence-electron chi connectivity index (χ2n) is 2.71. The van der Waals surface area contributed by atoms with Gasteiger partial charge in [0.2, 0.25) is 0 Å². The van der Waals surface area contributed by atoms with Crippen molar-refractivity contribution in [3.8, 4) is 11.3 Å². The Balaban J connectivity index is 2.47. The Morgan fingerprint density at radius 2 is 1.77 bits per heavy atom. The van der Waals surface area contributed by atoms with Crippen molar-refractivity contribution in [1.29, 1.82) is 0 Å². The van der Waals surface area contributed by atoms with Gasteiger partial charge in [0, 0.05) is 14.8 Å². The first kappa shape index (κ1) is 9.09. The van der Waals surface area contributed by atoms with Crippen molar-refractivity contribution in [3.05, 3.63) is 45.1 Å². The second-order valence-corrected chi connectivity index (χ2v) is 4.31. The summed E-state index contributed by atoms with van der Waals surface area (Å²) < 4.78 is 1.22. The number of aromatic nitrogens is 1. The third-order valence-electron chi connectivity index (χ3n) is 1.83. The van der Waals surface area contributed by atoms with E-state index in [9.17, 15) is 0 Å². The normalized spacial score (nSPS) is 10.3. The van der Waals surface area contributed by atoms with Gasteiger partial charge in [-0.1, -0.05) is 23.7 Å². The van der Waals surface area contributed by atoms with Gasteiger partial charge in [-0.25, -0.2) is 0 Å². The van der Waals surface area contributed by atoms with Crippen LogP contribution in [-0.4, -0.2) is 4.98 Å². The van der Waals surface area contributed by atoms with Crippen molar-refractivity contribution in [2.75, 3.05) is 0 Å². The quantitative estimate of drug-likeness (QED) is 0.768. The molecule has 0 saturated carbocycles. The Bertz CT molecular complexity index is 405. The molecule has 0 unspecified atom stereocenters. The highest BCUT2D eigenvalue weighted by Crippen LogP contribution is 2.24. The first-order valence-electron chi connectivity index (χ1n) is 3.86. The molecular formula is C10H7ClIN. The van der Waals surface area contributed by atoms with Crippen molar-refractivity contribution >= 4 is 34.2 Å². The third-order valence-corrected chi connectivity index (χ3v) is 2.98. The molecular weight excluding hydrogens is 296 g/mol. The summed E-state index contributed by atoms with van der Waals surface area (Å²) in [6, 6.07) is 9.86.